The predicted octanol–water partition coefficient (Wildman–Crippen LogP) is 0.956. The van der Waals surface area contributed by atoms with Crippen molar-refractivity contribution in [3.05, 3.63) is 42.1 Å². The van der Waals surface area contributed by atoms with Gasteiger partial charge in [-0.3, -0.25) is 14.3 Å². The monoisotopic (exact) mass is 288 g/mol. The van der Waals surface area contributed by atoms with E-state index >= 15 is 0 Å². The zero-order valence-corrected chi connectivity index (χ0v) is 11.6. The highest BCUT2D eigenvalue weighted by Gasteiger charge is 2.09. The number of nitrogens with zero attached hydrogens (tertiary/aromatic N) is 2. The summed E-state index contributed by atoms with van der Waals surface area (Å²) < 4.78 is 6.20. The Morgan fingerprint density at radius 3 is 2.62 bits per heavy atom. The van der Waals surface area contributed by atoms with Crippen molar-refractivity contribution in [1.29, 1.82) is 0 Å². The van der Waals surface area contributed by atoms with E-state index in [1.165, 1.54) is 4.68 Å². The summed E-state index contributed by atoms with van der Waals surface area (Å²) in [7, 11) is 0. The summed E-state index contributed by atoms with van der Waals surface area (Å²) in [5.74, 6) is -0.635. The van der Waals surface area contributed by atoms with Gasteiger partial charge in [-0.25, -0.2) is 0 Å². The van der Waals surface area contributed by atoms with Crippen LogP contribution in [0, 0.1) is 6.92 Å². The van der Waals surface area contributed by atoms with Crippen molar-refractivity contribution in [3.8, 4) is 0 Å². The van der Waals surface area contributed by atoms with Gasteiger partial charge in [-0.15, -0.1) is 0 Å². The lowest BCUT2D eigenvalue weighted by molar-refractivity contribution is -0.148. The zero-order valence-electron chi connectivity index (χ0n) is 11.6. The van der Waals surface area contributed by atoms with Crippen molar-refractivity contribution in [3.63, 3.8) is 0 Å². The van der Waals surface area contributed by atoms with Crippen LogP contribution >= 0.6 is 0 Å². The van der Waals surface area contributed by atoms with Crippen LogP contribution in [-0.4, -0.2) is 28.3 Å². The van der Waals surface area contributed by atoms with Gasteiger partial charge in [0.05, 0.1) is 0 Å². The first-order valence-corrected chi connectivity index (χ1v) is 6.34. The van der Waals surface area contributed by atoms with E-state index in [1.807, 2.05) is 19.1 Å². The van der Waals surface area contributed by atoms with E-state index in [1.54, 1.807) is 24.4 Å². The smallest absolute Gasteiger partial charge is 0.328 e. The molecule has 2 aromatic rings. The van der Waals surface area contributed by atoms with Crippen LogP contribution in [0.4, 0.5) is 11.5 Å². The van der Waals surface area contributed by atoms with Gasteiger partial charge in [0, 0.05) is 11.9 Å². The molecule has 7 heteroatoms. The molecule has 0 aliphatic rings. The second-order valence-electron chi connectivity index (χ2n) is 4.51. The molecule has 0 saturated carbocycles. The lowest BCUT2D eigenvalue weighted by Crippen LogP contribution is -2.23. The summed E-state index contributed by atoms with van der Waals surface area (Å²) in [6.45, 7) is 1.52. The summed E-state index contributed by atoms with van der Waals surface area (Å²) in [5.41, 5.74) is 7.17. The van der Waals surface area contributed by atoms with Crippen LogP contribution in [0.25, 0.3) is 0 Å². The molecule has 1 heterocycles. The lowest BCUT2D eigenvalue weighted by atomic mass is 10.2. The first-order valence-electron chi connectivity index (χ1n) is 6.34. The topological polar surface area (TPSA) is 99.2 Å². The minimum absolute atomic E-state index is 0.0883. The Bertz CT molecular complexity index is 634. The van der Waals surface area contributed by atoms with Gasteiger partial charge in [-0.1, -0.05) is 17.7 Å². The van der Waals surface area contributed by atoms with Gasteiger partial charge in [-0.05, 0) is 25.1 Å². The number of nitrogens with one attached hydrogen (secondary N) is 1. The Morgan fingerprint density at radius 1 is 1.29 bits per heavy atom. The number of benzene rings is 1. The fourth-order valence-corrected chi connectivity index (χ4v) is 1.62. The molecule has 0 aliphatic heterocycles. The number of hydrogen-bond acceptors (Lipinski definition) is 5. The lowest BCUT2D eigenvalue weighted by Gasteiger charge is -2.07. The predicted molar refractivity (Wildman–Crippen MR) is 77.4 cm³/mol. The minimum Gasteiger partial charge on any atom is -0.454 e. The van der Waals surface area contributed by atoms with Crippen molar-refractivity contribution in [2.45, 2.75) is 13.5 Å². The number of carbonyl (C=O) groups is 2. The maximum atomic E-state index is 11.6. The second-order valence-corrected chi connectivity index (χ2v) is 4.51. The van der Waals surface area contributed by atoms with Crippen LogP contribution < -0.4 is 11.1 Å². The highest BCUT2D eigenvalue weighted by Crippen LogP contribution is 2.08. The average molecular weight is 288 g/mol. The third-order valence-corrected chi connectivity index (χ3v) is 2.65. The van der Waals surface area contributed by atoms with Crippen LogP contribution in [-0.2, 0) is 20.9 Å². The number of esters is 1. The summed E-state index contributed by atoms with van der Waals surface area (Å²) in [6.07, 6.45) is 1.56. The molecule has 0 atom stereocenters. The van der Waals surface area contributed by atoms with Gasteiger partial charge in [-0.2, -0.15) is 5.10 Å². The van der Waals surface area contributed by atoms with Crippen LogP contribution in [0.2, 0.25) is 0 Å². The third-order valence-electron chi connectivity index (χ3n) is 2.65. The Labute approximate surface area is 121 Å². The molecule has 2 rings (SSSR count). The number of rotatable bonds is 5. The van der Waals surface area contributed by atoms with Gasteiger partial charge in [0.1, 0.15) is 12.4 Å². The average Bonchev–Trinajstić information content (AvgIpc) is 2.84. The number of carbonyl (C=O) groups excluding carboxylic acids is 2. The normalized spacial score (nSPS) is 10.1. The zero-order chi connectivity index (χ0) is 15.2. The molecule has 7 nitrogen and oxygen atoms in total. The van der Waals surface area contributed by atoms with E-state index in [4.69, 9.17) is 10.5 Å². The number of nitrogen functional groups attached to an aromatic ring is 1. The number of nitrogens with two attached hydrogens (primary N) is 1. The molecule has 0 unspecified atom stereocenters. The second kappa shape index (κ2) is 6.56. The number of amides is 1. The molecular formula is C14H16N4O3. The highest BCUT2D eigenvalue weighted by molar-refractivity contribution is 5.92. The number of anilines is 2. The van der Waals surface area contributed by atoms with Crippen molar-refractivity contribution < 1.29 is 14.3 Å². The van der Waals surface area contributed by atoms with Crippen molar-refractivity contribution in [1.82, 2.24) is 9.78 Å². The van der Waals surface area contributed by atoms with Crippen LogP contribution in [0.5, 0.6) is 0 Å². The van der Waals surface area contributed by atoms with Crippen LogP contribution in [0.3, 0.4) is 0 Å². The van der Waals surface area contributed by atoms with Crippen molar-refractivity contribution in [2.75, 3.05) is 17.7 Å². The molecule has 3 N–H and O–H groups in total. The molecule has 21 heavy (non-hydrogen) atoms. The number of ether oxygens (including phenoxy) is 1. The van der Waals surface area contributed by atoms with E-state index in [0.717, 1.165) is 5.56 Å². The van der Waals surface area contributed by atoms with E-state index in [9.17, 15) is 9.59 Å². The van der Waals surface area contributed by atoms with Gasteiger partial charge < -0.3 is 15.8 Å². The summed E-state index contributed by atoms with van der Waals surface area (Å²) in [4.78, 5) is 23.1. The molecule has 1 aromatic carbocycles. The quantitative estimate of drug-likeness (QED) is 0.798. The Balaban J connectivity index is 1.75. The van der Waals surface area contributed by atoms with E-state index in [-0.39, 0.29) is 13.2 Å². The van der Waals surface area contributed by atoms with E-state index in [0.29, 0.717) is 11.5 Å². The number of aryl methyl sites for hydroxylation is 1. The SMILES string of the molecule is Cc1ccc(NC(=O)COC(=O)Cn2ccc(N)n2)cc1. The molecule has 110 valence electrons. The Hall–Kier alpha value is -2.83. The number of hydrogen-bond donors (Lipinski definition) is 2. The molecule has 0 fully saturated rings. The maximum absolute atomic E-state index is 11.6. The Kier molecular flexibility index (Phi) is 4.55. The summed E-state index contributed by atoms with van der Waals surface area (Å²) in [5, 5.41) is 6.48. The largest absolute Gasteiger partial charge is 0.454 e. The minimum atomic E-state index is -0.558. The summed E-state index contributed by atoms with van der Waals surface area (Å²) in [6, 6.07) is 8.88. The molecule has 1 amide bonds. The van der Waals surface area contributed by atoms with Crippen LogP contribution in [0.1, 0.15) is 5.56 Å². The highest BCUT2D eigenvalue weighted by atomic mass is 16.5. The third kappa shape index (κ3) is 4.64. The molecule has 0 bridgehead atoms. The van der Waals surface area contributed by atoms with E-state index < -0.39 is 11.9 Å². The van der Waals surface area contributed by atoms with Gasteiger partial charge in [0.2, 0.25) is 0 Å². The first kappa shape index (κ1) is 14.6. The first-order chi connectivity index (χ1) is 10.0. The van der Waals surface area contributed by atoms with Gasteiger partial charge in [0.15, 0.2) is 6.61 Å². The molecule has 0 spiro atoms. The fraction of sp³-hybridized carbons (Fsp3) is 0.214. The van der Waals surface area contributed by atoms with Crippen molar-refractivity contribution in [2.24, 2.45) is 0 Å². The standard InChI is InChI=1S/C14H16N4O3/c1-10-2-4-11(5-3-10)16-13(19)9-21-14(20)8-18-7-6-12(15)17-18/h2-7H,8-9H2,1H3,(H2,15,17)(H,16,19). The molecule has 1 aromatic heterocycles. The van der Waals surface area contributed by atoms with Gasteiger partial charge in [0.25, 0.3) is 5.91 Å². The molecule has 0 aliphatic carbocycles. The van der Waals surface area contributed by atoms with Crippen LogP contribution in [0.15, 0.2) is 36.5 Å². The summed E-state index contributed by atoms with van der Waals surface area (Å²) >= 11 is 0. The molecule has 0 radical (unpaired) electrons. The number of aromatic nitrogens is 2. The van der Waals surface area contributed by atoms with E-state index in [2.05, 4.69) is 10.4 Å². The Morgan fingerprint density at radius 2 is 2.00 bits per heavy atom. The molecule has 0 saturated heterocycles. The molecular weight excluding hydrogens is 272 g/mol. The van der Waals surface area contributed by atoms with Crippen molar-refractivity contribution >= 4 is 23.4 Å². The fourth-order valence-electron chi connectivity index (χ4n) is 1.62. The maximum Gasteiger partial charge on any atom is 0.328 e. The van der Waals surface area contributed by atoms with Gasteiger partial charge >= 0.3 is 5.97 Å².